The van der Waals surface area contributed by atoms with Crippen LogP contribution < -0.4 is 0 Å². The van der Waals surface area contributed by atoms with E-state index in [2.05, 4.69) is 18.7 Å². The predicted octanol–water partition coefficient (Wildman–Crippen LogP) is 2.91. The maximum atomic E-state index is 11.4. The van der Waals surface area contributed by atoms with E-state index in [4.69, 9.17) is 0 Å². The Morgan fingerprint density at radius 3 is 2.81 bits per heavy atom. The summed E-state index contributed by atoms with van der Waals surface area (Å²) in [5, 5.41) is 20.3. The molecule has 1 aromatic rings. The molecule has 0 aliphatic carbocycles. The van der Waals surface area contributed by atoms with E-state index in [0.717, 1.165) is 19.4 Å². The van der Waals surface area contributed by atoms with Gasteiger partial charge in [-0.2, -0.15) is 0 Å². The fraction of sp³-hybridized carbons (Fsp3) is 0.533. The lowest BCUT2D eigenvalue weighted by molar-refractivity contribution is -0.385. The molecule has 114 valence electrons. The zero-order chi connectivity index (χ0) is 15.6. The van der Waals surface area contributed by atoms with Crippen molar-refractivity contribution in [3.8, 4) is 0 Å². The molecule has 0 saturated carbocycles. The molecule has 6 nitrogen and oxygen atoms in total. The predicted molar refractivity (Wildman–Crippen MR) is 78.3 cm³/mol. The molecule has 0 bridgehead atoms. The number of nitro benzene ring substituents is 1. The van der Waals surface area contributed by atoms with Gasteiger partial charge < -0.3 is 5.11 Å². The summed E-state index contributed by atoms with van der Waals surface area (Å²) in [6, 6.07) is 4.88. The molecule has 1 atom stereocenters. The van der Waals surface area contributed by atoms with E-state index in [1.165, 1.54) is 6.07 Å². The second-order valence-electron chi connectivity index (χ2n) is 5.80. The van der Waals surface area contributed by atoms with Gasteiger partial charge in [0.15, 0.2) is 0 Å². The van der Waals surface area contributed by atoms with Gasteiger partial charge in [-0.1, -0.05) is 26.0 Å². The fourth-order valence-corrected chi connectivity index (χ4v) is 3.14. The standard InChI is InChI=1S/C15H20N2O4/c1-10(2)12-7-4-8-16(12)9-11-5-3-6-13(17(20)21)14(11)15(18)19/h3,5-6,10,12H,4,7-9H2,1-2H3,(H,18,19). The lowest BCUT2D eigenvalue weighted by Crippen LogP contribution is -2.33. The van der Waals surface area contributed by atoms with Crippen molar-refractivity contribution in [2.45, 2.75) is 39.3 Å². The minimum absolute atomic E-state index is 0.183. The summed E-state index contributed by atoms with van der Waals surface area (Å²) in [7, 11) is 0. The van der Waals surface area contributed by atoms with Gasteiger partial charge in [0, 0.05) is 18.7 Å². The lowest BCUT2D eigenvalue weighted by Gasteiger charge is -2.27. The molecule has 1 aliphatic rings. The number of likely N-dealkylation sites (tertiary alicyclic amines) is 1. The van der Waals surface area contributed by atoms with Crippen LogP contribution in [0.3, 0.4) is 0 Å². The van der Waals surface area contributed by atoms with Crippen molar-refractivity contribution in [3.63, 3.8) is 0 Å². The van der Waals surface area contributed by atoms with Gasteiger partial charge in [0.1, 0.15) is 5.56 Å². The molecule has 1 aromatic carbocycles. The monoisotopic (exact) mass is 292 g/mol. The van der Waals surface area contributed by atoms with Crippen LogP contribution in [0.15, 0.2) is 18.2 Å². The fourth-order valence-electron chi connectivity index (χ4n) is 3.14. The van der Waals surface area contributed by atoms with E-state index >= 15 is 0 Å². The first-order chi connectivity index (χ1) is 9.91. The van der Waals surface area contributed by atoms with Crippen molar-refractivity contribution >= 4 is 11.7 Å². The van der Waals surface area contributed by atoms with Crippen molar-refractivity contribution in [2.24, 2.45) is 5.92 Å². The number of aromatic carboxylic acids is 1. The number of carboxylic acid groups (broad SMARTS) is 1. The molecular formula is C15H20N2O4. The second kappa shape index (κ2) is 6.22. The van der Waals surface area contributed by atoms with Crippen LogP contribution in [-0.2, 0) is 6.54 Å². The summed E-state index contributed by atoms with van der Waals surface area (Å²) in [6.07, 6.45) is 2.18. The Morgan fingerprint density at radius 1 is 1.52 bits per heavy atom. The van der Waals surface area contributed by atoms with Crippen molar-refractivity contribution in [3.05, 3.63) is 39.4 Å². The number of hydrogen-bond donors (Lipinski definition) is 1. The van der Waals surface area contributed by atoms with E-state index in [0.29, 0.717) is 24.1 Å². The first kappa shape index (κ1) is 15.4. The van der Waals surface area contributed by atoms with Crippen molar-refractivity contribution in [1.29, 1.82) is 0 Å². The molecule has 1 aliphatic heterocycles. The van der Waals surface area contributed by atoms with Gasteiger partial charge in [-0.3, -0.25) is 15.0 Å². The molecule has 1 N–H and O–H groups in total. The van der Waals surface area contributed by atoms with E-state index in [1.807, 2.05) is 0 Å². The van der Waals surface area contributed by atoms with Crippen molar-refractivity contribution < 1.29 is 14.8 Å². The summed E-state index contributed by atoms with van der Waals surface area (Å²) in [4.78, 5) is 24.0. The SMILES string of the molecule is CC(C)C1CCCN1Cc1cccc([N+](=O)[O-])c1C(=O)O. The van der Waals surface area contributed by atoms with E-state index in [1.54, 1.807) is 12.1 Å². The Hall–Kier alpha value is -1.95. The minimum atomic E-state index is -1.24. The normalized spacial score (nSPS) is 19.1. The number of nitrogens with zero attached hydrogens (tertiary/aromatic N) is 2. The first-order valence-electron chi connectivity index (χ1n) is 7.15. The summed E-state index contributed by atoms with van der Waals surface area (Å²) >= 11 is 0. The number of carboxylic acids is 1. The molecule has 1 fully saturated rings. The van der Waals surface area contributed by atoms with Gasteiger partial charge in [-0.05, 0) is 30.9 Å². The molecule has 2 rings (SSSR count). The smallest absolute Gasteiger partial charge is 0.343 e. The zero-order valence-corrected chi connectivity index (χ0v) is 12.3. The highest BCUT2D eigenvalue weighted by atomic mass is 16.6. The zero-order valence-electron chi connectivity index (χ0n) is 12.3. The Balaban J connectivity index is 2.34. The van der Waals surface area contributed by atoms with Gasteiger partial charge in [-0.25, -0.2) is 4.79 Å². The number of hydrogen-bond acceptors (Lipinski definition) is 4. The third kappa shape index (κ3) is 3.21. The van der Waals surface area contributed by atoms with Crippen molar-refractivity contribution in [2.75, 3.05) is 6.54 Å². The Labute approximate surface area is 123 Å². The molecule has 0 spiro atoms. The average molecular weight is 292 g/mol. The summed E-state index contributed by atoms with van der Waals surface area (Å²) in [5.41, 5.74) is 0.00134. The molecule has 21 heavy (non-hydrogen) atoms. The van der Waals surface area contributed by atoms with Crippen LogP contribution in [0.4, 0.5) is 5.69 Å². The number of rotatable bonds is 5. The number of carbonyl (C=O) groups is 1. The topological polar surface area (TPSA) is 83.7 Å². The quantitative estimate of drug-likeness (QED) is 0.666. The summed E-state index contributed by atoms with van der Waals surface area (Å²) in [6.45, 7) is 5.65. The van der Waals surface area contributed by atoms with Gasteiger partial charge in [0.05, 0.1) is 4.92 Å². The first-order valence-corrected chi connectivity index (χ1v) is 7.15. The molecule has 0 radical (unpaired) electrons. The van der Waals surface area contributed by atoms with Gasteiger partial charge in [0.25, 0.3) is 5.69 Å². The Morgan fingerprint density at radius 2 is 2.24 bits per heavy atom. The van der Waals surface area contributed by atoms with Crippen LogP contribution in [0, 0.1) is 16.0 Å². The average Bonchev–Trinajstić information content (AvgIpc) is 2.86. The minimum Gasteiger partial charge on any atom is -0.477 e. The molecule has 1 saturated heterocycles. The largest absolute Gasteiger partial charge is 0.477 e. The molecule has 0 aromatic heterocycles. The lowest BCUT2D eigenvalue weighted by atomic mass is 10.00. The molecule has 1 heterocycles. The van der Waals surface area contributed by atoms with Gasteiger partial charge in [0.2, 0.25) is 0 Å². The maximum Gasteiger partial charge on any atom is 0.343 e. The van der Waals surface area contributed by atoms with E-state index < -0.39 is 10.9 Å². The Kier molecular flexibility index (Phi) is 4.57. The van der Waals surface area contributed by atoms with Gasteiger partial charge in [-0.15, -0.1) is 0 Å². The third-order valence-corrected chi connectivity index (χ3v) is 4.10. The summed E-state index contributed by atoms with van der Waals surface area (Å²) < 4.78 is 0. The third-order valence-electron chi connectivity index (χ3n) is 4.10. The van der Waals surface area contributed by atoms with Crippen LogP contribution >= 0.6 is 0 Å². The molecule has 6 heteroatoms. The van der Waals surface area contributed by atoms with Crippen LogP contribution in [0.1, 0.15) is 42.6 Å². The Bertz CT molecular complexity index is 557. The maximum absolute atomic E-state index is 11.4. The van der Waals surface area contributed by atoms with Gasteiger partial charge >= 0.3 is 5.97 Å². The number of benzene rings is 1. The van der Waals surface area contributed by atoms with Crippen LogP contribution in [-0.4, -0.2) is 33.5 Å². The highest BCUT2D eigenvalue weighted by molar-refractivity contribution is 5.94. The molecular weight excluding hydrogens is 272 g/mol. The molecule has 1 unspecified atom stereocenters. The molecule has 0 amide bonds. The van der Waals surface area contributed by atoms with Crippen LogP contribution in [0.2, 0.25) is 0 Å². The van der Waals surface area contributed by atoms with Crippen LogP contribution in [0.5, 0.6) is 0 Å². The highest BCUT2D eigenvalue weighted by Crippen LogP contribution is 2.29. The van der Waals surface area contributed by atoms with Crippen LogP contribution in [0.25, 0.3) is 0 Å². The number of nitro groups is 1. The van der Waals surface area contributed by atoms with E-state index in [9.17, 15) is 20.0 Å². The highest BCUT2D eigenvalue weighted by Gasteiger charge is 2.30. The summed E-state index contributed by atoms with van der Waals surface area (Å²) in [5.74, 6) is -0.753. The second-order valence-corrected chi connectivity index (χ2v) is 5.80. The van der Waals surface area contributed by atoms with E-state index in [-0.39, 0.29) is 11.3 Å². The van der Waals surface area contributed by atoms with Crippen molar-refractivity contribution in [1.82, 2.24) is 4.90 Å².